The molecule has 3 N–H and O–H groups in total. The molecule has 0 aliphatic rings. The number of nitrogens with one attached hydrogen (secondary N) is 1. The molecule has 0 radical (unpaired) electrons. The first-order valence-electron chi connectivity index (χ1n) is 20.1. The van der Waals surface area contributed by atoms with Crippen molar-refractivity contribution in [2.75, 3.05) is 47.9 Å². The highest BCUT2D eigenvalue weighted by atomic mass is 16.2. The number of hydrogen-bond donors (Lipinski definition) is 2. The number of hydrogen-bond acceptors (Lipinski definition) is 7. The number of carbonyl (C=O) groups excluding carboxylic acids is 1. The van der Waals surface area contributed by atoms with Crippen molar-refractivity contribution >= 4 is 23.2 Å². The molecule has 1 aromatic heterocycles. The second kappa shape index (κ2) is 28.8. The molecular formula is C44H75N7O. The highest BCUT2D eigenvalue weighted by Gasteiger charge is 2.22. The molecule has 8 heteroatoms. The van der Waals surface area contributed by atoms with E-state index in [1.165, 1.54) is 11.1 Å². The van der Waals surface area contributed by atoms with Crippen LogP contribution in [0.4, 0.5) is 17.3 Å². The molecule has 0 spiro atoms. The summed E-state index contributed by atoms with van der Waals surface area (Å²) >= 11 is 0. The van der Waals surface area contributed by atoms with Gasteiger partial charge < -0.3 is 10.2 Å². The lowest BCUT2D eigenvalue weighted by molar-refractivity contribution is 0.0984. The first-order chi connectivity index (χ1) is 25.1. The Labute approximate surface area is 319 Å². The van der Waals surface area contributed by atoms with Gasteiger partial charge in [-0.1, -0.05) is 118 Å². The summed E-state index contributed by atoms with van der Waals surface area (Å²) in [5.74, 6) is 8.05. The maximum atomic E-state index is 13.9. The van der Waals surface area contributed by atoms with Crippen molar-refractivity contribution in [3.8, 4) is 0 Å². The molecule has 0 saturated heterocycles. The van der Waals surface area contributed by atoms with Gasteiger partial charge in [0.1, 0.15) is 0 Å². The number of aryl methyl sites for hydroxylation is 2. The minimum atomic E-state index is -0.0971. The quantitative estimate of drug-likeness (QED) is 0.1000. The summed E-state index contributed by atoms with van der Waals surface area (Å²) in [5.41, 5.74) is 5.48. The predicted octanol–water partition coefficient (Wildman–Crippen LogP) is 11.1. The summed E-state index contributed by atoms with van der Waals surface area (Å²) < 4.78 is 0. The molecule has 8 nitrogen and oxygen atoms in total. The standard InChI is InChI=1S/C33H55N7O.C7H8.2C2H6/c1-9-18-38(19-10-2)23-28(26(7)12-4)24-40(34)30-16-14-15-29(21-30)39(20-17-25(6)11-3)32(41)31-22-36-33(35-13-5)37-27(31)8;1-7-5-3-2-4-6-7;2*1-2/h14-16,21-22,24-26H,9-13,17-20,23,34H2,1-8H3,(H,35,36,37);2-6H,1H3;2*1-2H3/b28-24-;;;. The molecule has 1 heterocycles. The second-order valence-corrected chi connectivity index (χ2v) is 12.9. The van der Waals surface area contributed by atoms with E-state index in [0.717, 1.165) is 69.7 Å². The minimum absolute atomic E-state index is 0.0971. The van der Waals surface area contributed by atoms with Crippen LogP contribution in [-0.2, 0) is 0 Å². The van der Waals surface area contributed by atoms with Gasteiger partial charge in [-0.25, -0.2) is 15.8 Å². The summed E-state index contributed by atoms with van der Waals surface area (Å²) in [6.07, 6.45) is 9.00. The molecule has 0 bridgehead atoms. The molecule has 0 aliphatic carbocycles. The largest absolute Gasteiger partial charge is 0.354 e. The van der Waals surface area contributed by atoms with Crippen LogP contribution in [0.25, 0.3) is 0 Å². The van der Waals surface area contributed by atoms with Crippen molar-refractivity contribution in [3.05, 3.63) is 89.4 Å². The average Bonchev–Trinajstić information content (AvgIpc) is 3.16. The molecule has 52 heavy (non-hydrogen) atoms. The summed E-state index contributed by atoms with van der Waals surface area (Å²) in [6, 6.07) is 18.2. The summed E-state index contributed by atoms with van der Waals surface area (Å²) in [6.45, 7) is 31.7. The topological polar surface area (TPSA) is 90.6 Å². The summed E-state index contributed by atoms with van der Waals surface area (Å²) in [5, 5.41) is 4.84. The predicted molar refractivity (Wildman–Crippen MR) is 228 cm³/mol. The zero-order chi connectivity index (χ0) is 39.5. The fourth-order valence-electron chi connectivity index (χ4n) is 5.32. The molecule has 0 aliphatic heterocycles. The van der Waals surface area contributed by atoms with E-state index in [1.54, 1.807) is 11.2 Å². The molecule has 2 unspecified atom stereocenters. The van der Waals surface area contributed by atoms with Gasteiger partial charge in [-0.2, -0.15) is 0 Å². The first-order valence-corrected chi connectivity index (χ1v) is 20.1. The highest BCUT2D eigenvalue weighted by Crippen LogP contribution is 2.26. The van der Waals surface area contributed by atoms with E-state index in [9.17, 15) is 4.79 Å². The maximum absolute atomic E-state index is 13.9. The fourth-order valence-corrected chi connectivity index (χ4v) is 5.32. The number of amides is 1. The number of nitrogens with zero attached hydrogens (tertiary/aromatic N) is 5. The van der Waals surface area contributed by atoms with E-state index in [2.05, 4.69) is 87.0 Å². The number of nitrogens with two attached hydrogens (primary N) is 1. The van der Waals surface area contributed by atoms with Crippen molar-refractivity contribution in [1.29, 1.82) is 0 Å². The van der Waals surface area contributed by atoms with Crippen LogP contribution in [-0.4, -0.2) is 53.5 Å². The van der Waals surface area contributed by atoms with Crippen LogP contribution in [0.15, 0.2) is 72.6 Å². The minimum Gasteiger partial charge on any atom is -0.354 e. The number of hydrazine groups is 1. The fraction of sp³-hybridized carbons (Fsp3) is 0.568. The van der Waals surface area contributed by atoms with Crippen molar-refractivity contribution in [2.24, 2.45) is 17.7 Å². The zero-order valence-electron chi connectivity index (χ0n) is 35.3. The molecule has 3 aromatic rings. The Bertz CT molecular complexity index is 1370. The van der Waals surface area contributed by atoms with Gasteiger partial charge in [0.05, 0.1) is 16.9 Å². The van der Waals surface area contributed by atoms with E-state index in [1.807, 2.05) is 88.9 Å². The monoisotopic (exact) mass is 718 g/mol. The van der Waals surface area contributed by atoms with Crippen LogP contribution in [0.3, 0.4) is 0 Å². The van der Waals surface area contributed by atoms with Gasteiger partial charge in [0.15, 0.2) is 0 Å². The van der Waals surface area contributed by atoms with Gasteiger partial charge >= 0.3 is 0 Å². The Morgan fingerprint density at radius 2 is 1.46 bits per heavy atom. The third kappa shape index (κ3) is 17.6. The summed E-state index contributed by atoms with van der Waals surface area (Å²) in [4.78, 5) is 27.2. The van der Waals surface area contributed by atoms with Crippen LogP contribution in [0.2, 0.25) is 0 Å². The molecular weight excluding hydrogens is 643 g/mol. The van der Waals surface area contributed by atoms with Crippen LogP contribution in [0.5, 0.6) is 0 Å². The number of benzene rings is 2. The highest BCUT2D eigenvalue weighted by molar-refractivity contribution is 6.06. The van der Waals surface area contributed by atoms with Crippen LogP contribution >= 0.6 is 0 Å². The molecule has 2 aromatic carbocycles. The molecule has 292 valence electrons. The lowest BCUT2D eigenvalue weighted by Crippen LogP contribution is -2.34. The van der Waals surface area contributed by atoms with Crippen LogP contribution in [0, 0.1) is 25.7 Å². The smallest absolute Gasteiger partial charge is 0.261 e. The third-order valence-corrected chi connectivity index (χ3v) is 8.75. The van der Waals surface area contributed by atoms with Crippen molar-refractivity contribution in [3.63, 3.8) is 0 Å². The Hall–Kier alpha value is -3.75. The van der Waals surface area contributed by atoms with Gasteiger partial charge in [0.25, 0.3) is 5.91 Å². The lowest BCUT2D eigenvalue weighted by Gasteiger charge is -2.28. The van der Waals surface area contributed by atoms with Gasteiger partial charge in [0.2, 0.25) is 5.95 Å². The zero-order valence-corrected chi connectivity index (χ0v) is 35.3. The Kier molecular flexibility index (Phi) is 26.7. The number of anilines is 3. The second-order valence-electron chi connectivity index (χ2n) is 12.9. The van der Waals surface area contributed by atoms with E-state index in [-0.39, 0.29) is 5.91 Å². The van der Waals surface area contributed by atoms with Crippen molar-refractivity contribution < 1.29 is 4.79 Å². The molecule has 1 amide bonds. The van der Waals surface area contributed by atoms with Crippen LogP contribution in [0.1, 0.15) is 130 Å². The molecule has 2 atom stereocenters. The van der Waals surface area contributed by atoms with Gasteiger partial charge in [-0.3, -0.25) is 14.7 Å². The number of rotatable bonds is 18. The van der Waals surface area contributed by atoms with E-state index < -0.39 is 0 Å². The third-order valence-electron chi connectivity index (χ3n) is 8.75. The summed E-state index contributed by atoms with van der Waals surface area (Å²) in [7, 11) is 0. The Balaban J connectivity index is 0.00000205. The van der Waals surface area contributed by atoms with E-state index in [4.69, 9.17) is 5.84 Å². The molecule has 0 saturated carbocycles. The van der Waals surface area contributed by atoms with E-state index in [0.29, 0.717) is 35.6 Å². The van der Waals surface area contributed by atoms with Gasteiger partial charge in [0, 0.05) is 37.7 Å². The van der Waals surface area contributed by atoms with Gasteiger partial charge in [-0.05, 0) is 95.2 Å². The Morgan fingerprint density at radius 1 is 0.846 bits per heavy atom. The molecule has 3 rings (SSSR count). The normalized spacial score (nSPS) is 11.9. The first kappa shape index (κ1) is 48.2. The lowest BCUT2D eigenvalue weighted by atomic mass is 9.98. The van der Waals surface area contributed by atoms with Gasteiger partial charge in [-0.15, -0.1) is 0 Å². The number of aromatic nitrogens is 2. The van der Waals surface area contributed by atoms with Crippen LogP contribution < -0.4 is 21.1 Å². The van der Waals surface area contributed by atoms with Crippen molar-refractivity contribution in [1.82, 2.24) is 14.9 Å². The van der Waals surface area contributed by atoms with Crippen molar-refractivity contribution in [2.45, 2.75) is 122 Å². The molecule has 0 fully saturated rings. The SMILES string of the molecule is CC.CC.CCCN(CCC)C/C(=C/N(N)c1cccc(N(CCC(C)CC)C(=O)c2cnc(NCC)nc2C)c1)C(C)CC.Cc1ccccc1. The maximum Gasteiger partial charge on any atom is 0.261 e. The Morgan fingerprint density at radius 3 is 1.96 bits per heavy atom. The number of carbonyl (C=O) groups is 1. The van der Waals surface area contributed by atoms with E-state index >= 15 is 0 Å². The average molecular weight is 718 g/mol.